The number of nitro groups is 1. The maximum atomic E-state index is 11.0. The zero-order chi connectivity index (χ0) is 13.7. The average molecular weight is 264 g/mol. The van der Waals surface area contributed by atoms with Gasteiger partial charge in [0.25, 0.3) is 5.69 Å². The lowest BCUT2D eigenvalue weighted by atomic mass is 9.92. The van der Waals surface area contributed by atoms with Crippen molar-refractivity contribution in [1.29, 1.82) is 0 Å². The number of nitroso groups, excluding NO2 is 1. The Kier molecular flexibility index (Phi) is 4.21. The van der Waals surface area contributed by atoms with Crippen molar-refractivity contribution in [2.75, 3.05) is 0 Å². The zero-order valence-corrected chi connectivity index (χ0v) is 10.6. The molecule has 0 amide bonds. The number of benzene rings is 1. The number of ether oxygens (including phenoxy) is 1. The molecule has 0 aliphatic heterocycles. The van der Waals surface area contributed by atoms with Gasteiger partial charge >= 0.3 is 0 Å². The van der Waals surface area contributed by atoms with Crippen molar-refractivity contribution in [3.63, 3.8) is 0 Å². The number of nitro benzene ring substituents is 1. The quantitative estimate of drug-likeness (QED) is 0.462. The summed E-state index contributed by atoms with van der Waals surface area (Å²) in [6, 6.07) is 6.14. The summed E-state index contributed by atoms with van der Waals surface area (Å²) >= 11 is 0. The molecule has 1 aromatic carbocycles. The largest absolute Gasteiger partial charge is 0.346 e. The Bertz CT molecular complexity index is 452. The second-order valence-electron chi connectivity index (χ2n) is 4.81. The van der Waals surface area contributed by atoms with Gasteiger partial charge in [-0.05, 0) is 35.7 Å². The molecule has 1 aromatic rings. The summed E-state index contributed by atoms with van der Waals surface area (Å²) in [7, 11) is 0. The van der Waals surface area contributed by atoms with E-state index in [9.17, 15) is 15.0 Å². The van der Waals surface area contributed by atoms with E-state index >= 15 is 0 Å². The third kappa shape index (κ3) is 3.35. The minimum atomic E-state index is -0.903. The molecule has 1 aliphatic rings. The first-order chi connectivity index (χ1) is 9.15. The Balaban J connectivity index is 1.97. The van der Waals surface area contributed by atoms with Crippen LogP contribution in [0.5, 0.6) is 0 Å². The van der Waals surface area contributed by atoms with Crippen molar-refractivity contribution >= 4 is 5.69 Å². The minimum absolute atomic E-state index is 0.0460. The van der Waals surface area contributed by atoms with E-state index in [-0.39, 0.29) is 12.3 Å². The molecule has 1 aliphatic carbocycles. The van der Waals surface area contributed by atoms with Crippen LogP contribution in [0.4, 0.5) is 5.69 Å². The van der Waals surface area contributed by atoms with Gasteiger partial charge in [-0.2, -0.15) is 0 Å². The summed E-state index contributed by atoms with van der Waals surface area (Å²) in [6.07, 6.45) is 4.32. The smallest absolute Gasteiger partial charge is 0.269 e. The lowest BCUT2D eigenvalue weighted by Gasteiger charge is -2.30. The second-order valence-corrected chi connectivity index (χ2v) is 4.81. The molecule has 0 radical (unpaired) electrons. The van der Waals surface area contributed by atoms with Crippen LogP contribution in [0.25, 0.3) is 0 Å². The monoisotopic (exact) mass is 264 g/mol. The van der Waals surface area contributed by atoms with Gasteiger partial charge in [-0.3, -0.25) is 10.1 Å². The first-order valence-electron chi connectivity index (χ1n) is 6.37. The topological polar surface area (TPSA) is 81.8 Å². The van der Waals surface area contributed by atoms with E-state index in [0.717, 1.165) is 24.8 Å². The third-order valence-corrected chi connectivity index (χ3v) is 3.46. The highest BCUT2D eigenvalue weighted by Gasteiger charge is 2.34. The van der Waals surface area contributed by atoms with Gasteiger partial charge < -0.3 is 4.74 Å². The lowest BCUT2D eigenvalue weighted by Crippen LogP contribution is -2.32. The van der Waals surface area contributed by atoms with E-state index in [2.05, 4.69) is 5.18 Å². The normalized spacial score (nSPS) is 17.9. The van der Waals surface area contributed by atoms with Crippen LogP contribution in [0.3, 0.4) is 0 Å². The molecular formula is C13H16N2O4. The van der Waals surface area contributed by atoms with Gasteiger partial charge in [0.15, 0.2) is 5.72 Å². The van der Waals surface area contributed by atoms with Crippen molar-refractivity contribution in [2.45, 2.75) is 44.4 Å². The molecule has 0 atom stereocenters. The molecule has 0 spiro atoms. The van der Waals surface area contributed by atoms with Crippen LogP contribution >= 0.6 is 0 Å². The van der Waals surface area contributed by atoms with E-state index in [4.69, 9.17) is 4.74 Å². The van der Waals surface area contributed by atoms with Crippen molar-refractivity contribution in [3.8, 4) is 0 Å². The second kappa shape index (κ2) is 5.88. The number of nitrogens with zero attached hydrogens (tertiary/aromatic N) is 2. The minimum Gasteiger partial charge on any atom is -0.346 e. The number of hydrogen-bond donors (Lipinski definition) is 0. The summed E-state index contributed by atoms with van der Waals surface area (Å²) in [5, 5.41) is 13.7. The first-order valence-corrected chi connectivity index (χ1v) is 6.37. The number of hydrogen-bond acceptors (Lipinski definition) is 5. The summed E-state index contributed by atoms with van der Waals surface area (Å²) < 4.78 is 5.66. The van der Waals surface area contributed by atoms with Gasteiger partial charge in [0.1, 0.15) is 0 Å². The van der Waals surface area contributed by atoms with Crippen LogP contribution in [0.1, 0.15) is 37.7 Å². The van der Waals surface area contributed by atoms with Crippen LogP contribution < -0.4 is 0 Å². The maximum Gasteiger partial charge on any atom is 0.269 e. The van der Waals surface area contributed by atoms with Gasteiger partial charge in [-0.25, -0.2) is 0 Å². The summed E-state index contributed by atoms with van der Waals surface area (Å²) in [5.41, 5.74) is -0.0520. The van der Waals surface area contributed by atoms with Gasteiger partial charge in [-0.15, -0.1) is 4.91 Å². The van der Waals surface area contributed by atoms with Gasteiger partial charge in [0.2, 0.25) is 0 Å². The van der Waals surface area contributed by atoms with E-state index in [1.165, 1.54) is 12.1 Å². The fourth-order valence-corrected chi connectivity index (χ4v) is 2.30. The highest BCUT2D eigenvalue weighted by molar-refractivity contribution is 5.32. The Morgan fingerprint density at radius 1 is 1.21 bits per heavy atom. The molecule has 0 aromatic heterocycles. The fourth-order valence-electron chi connectivity index (χ4n) is 2.30. The summed E-state index contributed by atoms with van der Waals surface area (Å²) in [6.45, 7) is 0.254. The van der Waals surface area contributed by atoms with Gasteiger partial charge in [0, 0.05) is 25.0 Å². The average Bonchev–Trinajstić information content (AvgIpc) is 2.46. The molecule has 6 nitrogen and oxygen atoms in total. The van der Waals surface area contributed by atoms with E-state index in [1.807, 2.05) is 0 Å². The van der Waals surface area contributed by atoms with Crippen molar-refractivity contribution in [2.24, 2.45) is 5.18 Å². The lowest BCUT2D eigenvalue weighted by molar-refractivity contribution is -0.384. The molecular weight excluding hydrogens is 248 g/mol. The Labute approximate surface area is 110 Å². The van der Waals surface area contributed by atoms with E-state index in [0.29, 0.717) is 12.8 Å². The highest BCUT2D eigenvalue weighted by Crippen LogP contribution is 2.33. The SMILES string of the molecule is O=NC1(OCc2ccc([N+](=O)[O-])cc2)CCCCC1. The Hall–Kier alpha value is -1.82. The molecule has 0 heterocycles. The van der Waals surface area contributed by atoms with Crippen LogP contribution in [-0.4, -0.2) is 10.6 Å². The molecule has 0 N–H and O–H groups in total. The molecule has 2 rings (SSSR count). The number of non-ortho nitro benzene ring substituents is 1. The van der Waals surface area contributed by atoms with E-state index < -0.39 is 10.6 Å². The molecule has 1 fully saturated rings. The van der Waals surface area contributed by atoms with Crippen molar-refractivity contribution < 1.29 is 9.66 Å². The standard InChI is InChI=1S/C13H16N2O4/c16-14-13(8-2-1-3-9-13)19-10-11-4-6-12(7-5-11)15(17)18/h4-7H,1-3,8-10H2. The molecule has 0 unspecified atom stereocenters. The molecule has 0 saturated heterocycles. The molecule has 102 valence electrons. The van der Waals surface area contributed by atoms with Crippen LogP contribution in [-0.2, 0) is 11.3 Å². The predicted octanol–water partition coefficient (Wildman–Crippen LogP) is 3.54. The van der Waals surface area contributed by atoms with Crippen molar-refractivity contribution in [3.05, 3.63) is 44.9 Å². The molecule has 6 heteroatoms. The maximum absolute atomic E-state index is 11.0. The first kappa shape index (κ1) is 13.6. The third-order valence-electron chi connectivity index (χ3n) is 3.46. The zero-order valence-electron chi connectivity index (χ0n) is 10.6. The van der Waals surface area contributed by atoms with Crippen LogP contribution in [0, 0.1) is 15.0 Å². The van der Waals surface area contributed by atoms with Crippen LogP contribution in [0.2, 0.25) is 0 Å². The van der Waals surface area contributed by atoms with E-state index in [1.54, 1.807) is 12.1 Å². The number of rotatable bonds is 5. The molecule has 0 bridgehead atoms. The predicted molar refractivity (Wildman–Crippen MR) is 69.5 cm³/mol. The fraction of sp³-hybridized carbons (Fsp3) is 0.538. The van der Waals surface area contributed by atoms with Gasteiger partial charge in [0.05, 0.1) is 11.5 Å². The molecule has 19 heavy (non-hydrogen) atoms. The molecule has 1 saturated carbocycles. The van der Waals surface area contributed by atoms with Crippen LogP contribution in [0.15, 0.2) is 29.4 Å². The summed E-state index contributed by atoms with van der Waals surface area (Å²) in [4.78, 5) is 21.1. The Morgan fingerprint density at radius 2 is 1.84 bits per heavy atom. The highest BCUT2D eigenvalue weighted by atomic mass is 16.6. The van der Waals surface area contributed by atoms with Crippen molar-refractivity contribution in [1.82, 2.24) is 0 Å². The van der Waals surface area contributed by atoms with Gasteiger partial charge in [-0.1, -0.05) is 6.42 Å². The Morgan fingerprint density at radius 3 is 2.37 bits per heavy atom. The summed E-state index contributed by atoms with van der Waals surface area (Å²) in [5.74, 6) is 0.